The number of aryl methyl sites for hydroxylation is 1. The van der Waals surface area contributed by atoms with E-state index < -0.39 is 0 Å². The minimum absolute atomic E-state index is 0.775. The second kappa shape index (κ2) is 8.99. The Morgan fingerprint density at radius 1 is 1.14 bits per heavy atom. The molecular formula is C22H28N4OS. The number of methoxy groups -OCH3 is 1. The van der Waals surface area contributed by atoms with Gasteiger partial charge in [0.15, 0.2) is 0 Å². The number of pyridine rings is 1. The summed E-state index contributed by atoms with van der Waals surface area (Å²) in [4.78, 5) is 15.8. The maximum atomic E-state index is 5.16. The zero-order chi connectivity index (χ0) is 19.3. The lowest BCUT2D eigenvalue weighted by Gasteiger charge is -2.35. The molecule has 0 amide bonds. The van der Waals surface area contributed by atoms with E-state index >= 15 is 0 Å². The molecule has 4 rings (SSSR count). The molecule has 1 fully saturated rings. The number of likely N-dealkylation sites (N-methyl/N-ethyl adjacent to an activating group) is 1. The summed E-state index contributed by atoms with van der Waals surface area (Å²) < 4.78 is 5.16. The fraction of sp³-hybridized carbons (Fsp3) is 0.455. The van der Waals surface area contributed by atoms with Crippen molar-refractivity contribution in [1.29, 1.82) is 0 Å². The minimum Gasteiger partial charge on any atom is -0.385 e. The van der Waals surface area contributed by atoms with Gasteiger partial charge >= 0.3 is 0 Å². The van der Waals surface area contributed by atoms with E-state index in [1.807, 2.05) is 6.20 Å². The molecule has 0 unspecified atom stereocenters. The lowest BCUT2D eigenvalue weighted by atomic mass is 10.1. The molecule has 0 spiro atoms. The zero-order valence-electron chi connectivity index (χ0n) is 16.7. The van der Waals surface area contributed by atoms with Crippen molar-refractivity contribution in [3.8, 4) is 10.6 Å². The minimum atomic E-state index is 0.775. The van der Waals surface area contributed by atoms with Gasteiger partial charge < -0.3 is 14.5 Å². The molecule has 3 heterocycles. The van der Waals surface area contributed by atoms with E-state index in [0.29, 0.717) is 0 Å². The van der Waals surface area contributed by atoms with Gasteiger partial charge in [-0.05, 0) is 24.4 Å². The highest BCUT2D eigenvalue weighted by atomic mass is 32.1. The van der Waals surface area contributed by atoms with Crippen molar-refractivity contribution < 1.29 is 4.74 Å². The molecule has 0 aliphatic carbocycles. The predicted molar refractivity (Wildman–Crippen MR) is 117 cm³/mol. The summed E-state index contributed by atoms with van der Waals surface area (Å²) >= 11 is 1.75. The zero-order valence-corrected chi connectivity index (χ0v) is 17.5. The summed E-state index contributed by atoms with van der Waals surface area (Å²) in [5.74, 6) is 1.11. The van der Waals surface area contributed by atoms with Crippen LogP contribution in [0.3, 0.4) is 0 Å². The first-order chi connectivity index (χ1) is 13.8. The summed E-state index contributed by atoms with van der Waals surface area (Å²) in [6.45, 7) is 8.38. The van der Waals surface area contributed by atoms with Crippen molar-refractivity contribution in [2.24, 2.45) is 0 Å². The molecule has 1 aliphatic heterocycles. The Balaban J connectivity index is 1.65. The average Bonchev–Trinajstić information content (AvgIpc) is 3.22. The van der Waals surface area contributed by atoms with Gasteiger partial charge in [0.25, 0.3) is 0 Å². The number of thiazole rings is 1. The number of rotatable bonds is 7. The van der Waals surface area contributed by atoms with E-state index in [1.54, 1.807) is 18.4 Å². The number of anilines is 1. The highest BCUT2D eigenvalue weighted by molar-refractivity contribution is 7.15. The molecular weight excluding hydrogens is 368 g/mol. The Morgan fingerprint density at radius 3 is 2.75 bits per heavy atom. The predicted octanol–water partition coefficient (Wildman–Crippen LogP) is 4.08. The number of nitrogens with zero attached hydrogens (tertiary/aromatic N) is 4. The van der Waals surface area contributed by atoms with Crippen molar-refractivity contribution >= 4 is 27.9 Å². The van der Waals surface area contributed by atoms with Crippen LogP contribution >= 0.6 is 11.3 Å². The molecule has 1 aromatic carbocycles. The summed E-state index contributed by atoms with van der Waals surface area (Å²) in [6, 6.07) is 10.8. The van der Waals surface area contributed by atoms with Crippen LogP contribution in [0.25, 0.3) is 21.3 Å². The smallest absolute Gasteiger partial charge is 0.137 e. The van der Waals surface area contributed by atoms with Crippen molar-refractivity contribution in [3.63, 3.8) is 0 Å². The van der Waals surface area contributed by atoms with E-state index in [4.69, 9.17) is 9.72 Å². The molecule has 3 aromatic rings. The Kier molecular flexibility index (Phi) is 6.20. The first kappa shape index (κ1) is 19.3. The summed E-state index contributed by atoms with van der Waals surface area (Å²) in [5.41, 5.74) is 1.03. The van der Waals surface area contributed by atoms with Gasteiger partial charge in [-0.2, -0.15) is 0 Å². The van der Waals surface area contributed by atoms with Gasteiger partial charge in [0, 0.05) is 57.9 Å². The van der Waals surface area contributed by atoms with Gasteiger partial charge in [-0.25, -0.2) is 9.97 Å². The van der Waals surface area contributed by atoms with Gasteiger partial charge in [-0.15, -0.1) is 11.3 Å². The van der Waals surface area contributed by atoms with Crippen molar-refractivity contribution in [2.45, 2.75) is 19.8 Å². The number of hydrogen-bond donors (Lipinski definition) is 0. The van der Waals surface area contributed by atoms with Crippen LogP contribution in [0.1, 0.15) is 18.4 Å². The van der Waals surface area contributed by atoms with E-state index in [0.717, 1.165) is 73.6 Å². The molecule has 2 aromatic heterocycles. The standard InChI is InChI=1S/C22H28N4OS/c1-3-25-10-12-26(13-11-25)22-18-8-5-4-7-17(18)15-19(24-22)20-16-23-21(28-20)9-6-14-27-2/h4-5,7-8,15-16H,3,6,9-14H2,1-2H3. The molecule has 1 aliphatic rings. The SMILES string of the molecule is CCN1CCN(c2nc(-c3cnc(CCCOC)s3)cc3ccccc23)CC1. The normalized spacial score (nSPS) is 15.4. The number of aromatic nitrogens is 2. The maximum absolute atomic E-state index is 5.16. The van der Waals surface area contributed by atoms with Crippen molar-refractivity contribution in [1.82, 2.24) is 14.9 Å². The van der Waals surface area contributed by atoms with Crippen molar-refractivity contribution in [2.75, 3.05) is 51.3 Å². The van der Waals surface area contributed by atoms with E-state index in [9.17, 15) is 0 Å². The lowest BCUT2D eigenvalue weighted by molar-refractivity contribution is 0.195. The summed E-state index contributed by atoms with van der Waals surface area (Å²) in [5, 5.41) is 3.64. The van der Waals surface area contributed by atoms with E-state index in [2.05, 4.69) is 52.0 Å². The van der Waals surface area contributed by atoms with E-state index in [1.165, 1.54) is 10.8 Å². The number of hydrogen-bond acceptors (Lipinski definition) is 6. The Labute approximate surface area is 171 Å². The Morgan fingerprint density at radius 2 is 1.96 bits per heavy atom. The van der Waals surface area contributed by atoms with Crippen LogP contribution in [0.15, 0.2) is 36.5 Å². The third-order valence-electron chi connectivity index (χ3n) is 5.38. The molecule has 0 saturated carbocycles. The quantitative estimate of drug-likeness (QED) is 0.563. The molecule has 28 heavy (non-hydrogen) atoms. The molecule has 0 N–H and O–H groups in total. The third-order valence-corrected chi connectivity index (χ3v) is 6.46. The number of piperazine rings is 1. The average molecular weight is 397 g/mol. The summed E-state index contributed by atoms with van der Waals surface area (Å²) in [7, 11) is 1.74. The molecule has 6 heteroatoms. The lowest BCUT2D eigenvalue weighted by Crippen LogP contribution is -2.46. The van der Waals surface area contributed by atoms with Crippen LogP contribution in [0, 0.1) is 0 Å². The van der Waals surface area contributed by atoms with Crippen LogP contribution in [-0.2, 0) is 11.2 Å². The topological polar surface area (TPSA) is 41.5 Å². The molecule has 148 valence electrons. The largest absolute Gasteiger partial charge is 0.385 e. The Hall–Kier alpha value is -2.02. The van der Waals surface area contributed by atoms with Gasteiger partial charge in [0.2, 0.25) is 0 Å². The van der Waals surface area contributed by atoms with Crippen LogP contribution in [0.5, 0.6) is 0 Å². The van der Waals surface area contributed by atoms with Crippen LogP contribution in [0.2, 0.25) is 0 Å². The molecule has 0 bridgehead atoms. The molecule has 1 saturated heterocycles. The van der Waals surface area contributed by atoms with Crippen molar-refractivity contribution in [3.05, 3.63) is 41.5 Å². The first-order valence-corrected chi connectivity index (χ1v) is 10.9. The van der Waals surface area contributed by atoms with E-state index in [-0.39, 0.29) is 0 Å². The first-order valence-electron chi connectivity index (χ1n) is 10.1. The number of fused-ring (bicyclic) bond motifs is 1. The van der Waals surface area contributed by atoms with Crippen LogP contribution < -0.4 is 4.90 Å². The second-order valence-electron chi connectivity index (χ2n) is 7.19. The highest BCUT2D eigenvalue weighted by Gasteiger charge is 2.20. The fourth-order valence-corrected chi connectivity index (χ4v) is 4.66. The highest BCUT2D eigenvalue weighted by Crippen LogP contribution is 2.33. The second-order valence-corrected chi connectivity index (χ2v) is 8.30. The monoisotopic (exact) mass is 396 g/mol. The van der Waals surface area contributed by atoms with Gasteiger partial charge in [-0.1, -0.05) is 31.2 Å². The van der Waals surface area contributed by atoms with Gasteiger partial charge in [-0.3, -0.25) is 0 Å². The molecule has 0 atom stereocenters. The Bertz CT molecular complexity index is 918. The number of ether oxygens (including phenoxy) is 1. The molecule has 0 radical (unpaired) electrons. The van der Waals surface area contributed by atoms with Crippen LogP contribution in [0.4, 0.5) is 5.82 Å². The fourth-order valence-electron chi connectivity index (χ4n) is 3.74. The third kappa shape index (κ3) is 4.19. The van der Waals surface area contributed by atoms with Crippen LogP contribution in [-0.4, -0.2) is 61.3 Å². The van der Waals surface area contributed by atoms with Gasteiger partial charge in [0.1, 0.15) is 5.82 Å². The number of benzene rings is 1. The summed E-state index contributed by atoms with van der Waals surface area (Å²) in [6.07, 6.45) is 3.93. The maximum Gasteiger partial charge on any atom is 0.137 e. The molecule has 5 nitrogen and oxygen atoms in total. The van der Waals surface area contributed by atoms with Gasteiger partial charge in [0.05, 0.1) is 15.6 Å².